The lowest BCUT2D eigenvalue weighted by Crippen LogP contribution is -2.52. The molecule has 3 aromatic rings. The van der Waals surface area contributed by atoms with Gasteiger partial charge >= 0.3 is 0 Å². The Hall–Kier alpha value is -3.45. The van der Waals surface area contributed by atoms with Gasteiger partial charge in [-0.05, 0) is 44.4 Å². The average Bonchev–Trinajstić information content (AvgIpc) is 3.55. The second-order valence-electron chi connectivity index (χ2n) is 9.11. The minimum absolute atomic E-state index is 0.0532. The predicted octanol–water partition coefficient (Wildman–Crippen LogP) is 3.62. The second-order valence-corrected chi connectivity index (χ2v) is 9.11. The molecule has 176 valence electrons. The first-order valence-corrected chi connectivity index (χ1v) is 11.9. The largest absolute Gasteiger partial charge is 0.368 e. The molecule has 0 aliphatic carbocycles. The van der Waals surface area contributed by atoms with Crippen LogP contribution >= 0.6 is 0 Å². The SMILES string of the molecule is Cc1ccc(-c2nn(-c3ccccc3)cc2C(=O)N2CCN(C(=O)C3CCCO3)CC2)c(C)c1. The highest BCUT2D eigenvalue weighted by Crippen LogP contribution is 2.29. The van der Waals surface area contributed by atoms with Crippen molar-refractivity contribution in [2.24, 2.45) is 0 Å². The molecular formula is C27H30N4O3. The van der Waals surface area contributed by atoms with Crippen molar-refractivity contribution in [1.82, 2.24) is 19.6 Å². The Morgan fingerprint density at radius 1 is 0.971 bits per heavy atom. The molecule has 0 radical (unpaired) electrons. The van der Waals surface area contributed by atoms with Crippen molar-refractivity contribution >= 4 is 11.8 Å². The van der Waals surface area contributed by atoms with Crippen molar-refractivity contribution in [2.75, 3.05) is 32.8 Å². The number of piperazine rings is 1. The van der Waals surface area contributed by atoms with Gasteiger partial charge in [0.15, 0.2) is 0 Å². The highest BCUT2D eigenvalue weighted by Gasteiger charge is 2.32. The van der Waals surface area contributed by atoms with Gasteiger partial charge in [0.25, 0.3) is 11.8 Å². The van der Waals surface area contributed by atoms with Crippen LogP contribution in [0.3, 0.4) is 0 Å². The number of aryl methyl sites for hydroxylation is 2. The van der Waals surface area contributed by atoms with Gasteiger partial charge in [-0.25, -0.2) is 4.68 Å². The number of amides is 2. The van der Waals surface area contributed by atoms with E-state index in [9.17, 15) is 9.59 Å². The summed E-state index contributed by atoms with van der Waals surface area (Å²) < 4.78 is 7.33. The molecule has 7 nitrogen and oxygen atoms in total. The normalized spacial score (nSPS) is 18.4. The van der Waals surface area contributed by atoms with E-state index in [-0.39, 0.29) is 17.9 Å². The number of ether oxygens (including phenoxy) is 1. The van der Waals surface area contributed by atoms with Crippen molar-refractivity contribution in [1.29, 1.82) is 0 Å². The standard InChI is InChI=1S/C27H30N4O3/c1-19-10-11-22(20(2)17-19)25-23(18-31(28-25)21-7-4-3-5-8-21)26(32)29-12-14-30(15-13-29)27(33)24-9-6-16-34-24/h3-5,7-8,10-11,17-18,24H,6,9,12-16H2,1-2H3. The summed E-state index contributed by atoms with van der Waals surface area (Å²) in [5.74, 6) is -0.00108. The first-order chi connectivity index (χ1) is 16.5. The molecule has 1 atom stereocenters. The Morgan fingerprint density at radius 3 is 2.38 bits per heavy atom. The highest BCUT2D eigenvalue weighted by atomic mass is 16.5. The zero-order chi connectivity index (χ0) is 23.7. The summed E-state index contributed by atoms with van der Waals surface area (Å²) in [6.45, 7) is 6.81. The van der Waals surface area contributed by atoms with E-state index in [0.29, 0.717) is 44.0 Å². The zero-order valence-corrected chi connectivity index (χ0v) is 19.7. The molecular weight excluding hydrogens is 428 g/mol. The van der Waals surface area contributed by atoms with Crippen LogP contribution in [-0.4, -0.2) is 70.3 Å². The minimum Gasteiger partial charge on any atom is -0.368 e. The van der Waals surface area contributed by atoms with Gasteiger partial charge in [0.2, 0.25) is 0 Å². The Morgan fingerprint density at radius 2 is 1.71 bits per heavy atom. The summed E-state index contributed by atoms with van der Waals surface area (Å²) in [4.78, 5) is 30.1. The number of hydrogen-bond donors (Lipinski definition) is 0. The Bertz CT molecular complexity index is 1190. The summed E-state index contributed by atoms with van der Waals surface area (Å²) in [7, 11) is 0. The van der Waals surface area contributed by atoms with Crippen molar-refractivity contribution in [3.05, 3.63) is 71.4 Å². The topological polar surface area (TPSA) is 67.7 Å². The van der Waals surface area contributed by atoms with Gasteiger partial charge in [0.1, 0.15) is 11.8 Å². The number of carbonyl (C=O) groups excluding carboxylic acids is 2. The maximum absolute atomic E-state index is 13.7. The van der Waals surface area contributed by atoms with E-state index in [4.69, 9.17) is 9.84 Å². The third kappa shape index (κ3) is 4.35. The molecule has 0 saturated carbocycles. The van der Waals surface area contributed by atoms with Crippen molar-refractivity contribution in [3.8, 4) is 16.9 Å². The van der Waals surface area contributed by atoms with E-state index < -0.39 is 0 Å². The van der Waals surface area contributed by atoms with Crippen LogP contribution < -0.4 is 0 Å². The number of aromatic nitrogens is 2. The summed E-state index contributed by atoms with van der Waals surface area (Å²) in [6.07, 6.45) is 3.23. The molecule has 34 heavy (non-hydrogen) atoms. The van der Waals surface area contributed by atoms with Gasteiger partial charge in [0.05, 0.1) is 11.3 Å². The molecule has 2 aliphatic heterocycles. The van der Waals surface area contributed by atoms with E-state index in [2.05, 4.69) is 13.0 Å². The molecule has 0 N–H and O–H groups in total. The van der Waals surface area contributed by atoms with Crippen LogP contribution in [0.15, 0.2) is 54.7 Å². The number of para-hydroxylation sites is 1. The Balaban J connectivity index is 1.41. The molecule has 2 aliphatic rings. The second kappa shape index (κ2) is 9.43. The number of rotatable bonds is 4. The minimum atomic E-state index is -0.317. The molecule has 5 rings (SSSR count). The number of carbonyl (C=O) groups is 2. The van der Waals surface area contributed by atoms with Crippen LogP contribution in [-0.2, 0) is 9.53 Å². The van der Waals surface area contributed by atoms with Gasteiger partial charge in [0, 0.05) is 44.5 Å². The van der Waals surface area contributed by atoms with E-state index in [1.54, 1.807) is 4.68 Å². The van der Waals surface area contributed by atoms with Crippen molar-refractivity contribution in [3.63, 3.8) is 0 Å². The Labute approximate surface area is 199 Å². The molecule has 1 aromatic heterocycles. The fourth-order valence-corrected chi connectivity index (χ4v) is 4.80. The number of nitrogens with zero attached hydrogens (tertiary/aromatic N) is 4. The molecule has 0 bridgehead atoms. The smallest absolute Gasteiger partial charge is 0.257 e. The van der Waals surface area contributed by atoms with Crippen LogP contribution in [0, 0.1) is 13.8 Å². The van der Waals surface area contributed by atoms with Gasteiger partial charge in [-0.15, -0.1) is 0 Å². The van der Waals surface area contributed by atoms with Crippen LogP contribution in [0.1, 0.15) is 34.3 Å². The fraction of sp³-hybridized carbons (Fsp3) is 0.370. The highest BCUT2D eigenvalue weighted by molar-refractivity contribution is 6.00. The summed E-state index contributed by atoms with van der Waals surface area (Å²) in [5.41, 5.74) is 5.37. The lowest BCUT2D eigenvalue weighted by Gasteiger charge is -2.35. The molecule has 7 heteroatoms. The third-order valence-corrected chi connectivity index (χ3v) is 6.69. The quantitative estimate of drug-likeness (QED) is 0.599. The maximum Gasteiger partial charge on any atom is 0.257 e. The lowest BCUT2D eigenvalue weighted by molar-refractivity contribution is -0.142. The predicted molar refractivity (Wildman–Crippen MR) is 130 cm³/mol. The third-order valence-electron chi connectivity index (χ3n) is 6.69. The number of benzene rings is 2. The molecule has 2 amide bonds. The van der Waals surface area contributed by atoms with E-state index >= 15 is 0 Å². The average molecular weight is 459 g/mol. The Kier molecular flexibility index (Phi) is 6.20. The molecule has 2 fully saturated rings. The summed E-state index contributed by atoms with van der Waals surface area (Å²) in [5, 5.41) is 4.84. The van der Waals surface area contributed by atoms with E-state index in [0.717, 1.165) is 29.7 Å². The van der Waals surface area contributed by atoms with E-state index in [1.165, 1.54) is 5.56 Å². The van der Waals surface area contributed by atoms with Crippen LogP contribution in [0.5, 0.6) is 0 Å². The zero-order valence-electron chi connectivity index (χ0n) is 19.7. The maximum atomic E-state index is 13.7. The molecule has 1 unspecified atom stereocenters. The van der Waals surface area contributed by atoms with Crippen molar-refractivity contribution in [2.45, 2.75) is 32.8 Å². The van der Waals surface area contributed by atoms with Gasteiger partial charge < -0.3 is 14.5 Å². The number of hydrogen-bond acceptors (Lipinski definition) is 4. The first kappa shape index (κ1) is 22.3. The van der Waals surface area contributed by atoms with Crippen LogP contribution in [0.25, 0.3) is 16.9 Å². The molecule has 2 saturated heterocycles. The first-order valence-electron chi connectivity index (χ1n) is 11.9. The van der Waals surface area contributed by atoms with Crippen LogP contribution in [0.4, 0.5) is 0 Å². The fourth-order valence-electron chi connectivity index (χ4n) is 4.80. The van der Waals surface area contributed by atoms with Gasteiger partial charge in [-0.2, -0.15) is 5.10 Å². The molecule has 2 aromatic carbocycles. The monoisotopic (exact) mass is 458 g/mol. The van der Waals surface area contributed by atoms with Crippen molar-refractivity contribution < 1.29 is 14.3 Å². The van der Waals surface area contributed by atoms with Gasteiger partial charge in [-0.1, -0.05) is 42.0 Å². The van der Waals surface area contributed by atoms with E-state index in [1.807, 2.05) is 65.4 Å². The molecule has 3 heterocycles. The van der Waals surface area contributed by atoms with Crippen LogP contribution in [0.2, 0.25) is 0 Å². The van der Waals surface area contributed by atoms with Gasteiger partial charge in [-0.3, -0.25) is 9.59 Å². The summed E-state index contributed by atoms with van der Waals surface area (Å²) in [6, 6.07) is 16.0. The summed E-state index contributed by atoms with van der Waals surface area (Å²) >= 11 is 0. The molecule has 0 spiro atoms. The lowest BCUT2D eigenvalue weighted by atomic mass is 10.00.